The summed E-state index contributed by atoms with van der Waals surface area (Å²) in [6.07, 6.45) is 6.41. The van der Waals surface area contributed by atoms with Crippen molar-refractivity contribution in [3.63, 3.8) is 0 Å². The maximum absolute atomic E-state index is 12.1. The van der Waals surface area contributed by atoms with E-state index in [2.05, 4.69) is 25.6 Å². The van der Waals surface area contributed by atoms with Gasteiger partial charge in [0.2, 0.25) is 0 Å². The van der Waals surface area contributed by atoms with Gasteiger partial charge >= 0.3 is 0 Å². The average molecular weight is 319 g/mol. The van der Waals surface area contributed by atoms with Crippen LogP contribution in [0.4, 0.5) is 5.82 Å². The summed E-state index contributed by atoms with van der Waals surface area (Å²) in [5.74, 6) is 0.374. The monoisotopic (exact) mass is 319 g/mol. The standard InChI is InChI=1S/C18H17N5O/c24-18(23-11-15-6-8-19-9-7-15)16-12-22-17(13-20-16)21-10-14-4-2-1-3-5-14/h1-9,12-13H,10-11H2,(H,21,22)(H,23,24). The Balaban J connectivity index is 1.53. The first-order valence-electron chi connectivity index (χ1n) is 7.58. The van der Waals surface area contributed by atoms with Crippen molar-refractivity contribution < 1.29 is 4.79 Å². The predicted molar refractivity (Wildman–Crippen MR) is 91.2 cm³/mol. The first-order valence-corrected chi connectivity index (χ1v) is 7.58. The van der Waals surface area contributed by atoms with Crippen LogP contribution in [0.15, 0.2) is 67.3 Å². The van der Waals surface area contributed by atoms with Gasteiger partial charge < -0.3 is 10.6 Å². The Labute approximate surface area is 140 Å². The summed E-state index contributed by atoms with van der Waals surface area (Å²) in [7, 11) is 0. The number of pyridine rings is 1. The maximum Gasteiger partial charge on any atom is 0.271 e. The molecule has 3 rings (SSSR count). The quantitative estimate of drug-likeness (QED) is 0.729. The van der Waals surface area contributed by atoms with Crippen LogP contribution in [0.2, 0.25) is 0 Å². The minimum Gasteiger partial charge on any atom is -0.365 e. The number of nitrogens with one attached hydrogen (secondary N) is 2. The number of benzene rings is 1. The molecule has 0 aliphatic carbocycles. The fraction of sp³-hybridized carbons (Fsp3) is 0.111. The summed E-state index contributed by atoms with van der Waals surface area (Å²) in [6.45, 7) is 1.08. The van der Waals surface area contributed by atoms with Crippen LogP contribution in [0.3, 0.4) is 0 Å². The lowest BCUT2D eigenvalue weighted by Gasteiger charge is -2.07. The van der Waals surface area contributed by atoms with Crippen LogP contribution in [0.1, 0.15) is 21.6 Å². The van der Waals surface area contributed by atoms with E-state index in [1.165, 1.54) is 6.20 Å². The van der Waals surface area contributed by atoms with Gasteiger partial charge in [0.1, 0.15) is 11.5 Å². The largest absolute Gasteiger partial charge is 0.365 e. The molecular weight excluding hydrogens is 302 g/mol. The molecule has 1 aromatic carbocycles. The van der Waals surface area contributed by atoms with E-state index in [1.807, 2.05) is 42.5 Å². The lowest BCUT2D eigenvalue weighted by Crippen LogP contribution is -2.24. The first-order chi connectivity index (χ1) is 11.8. The maximum atomic E-state index is 12.1. The minimum atomic E-state index is -0.256. The van der Waals surface area contributed by atoms with Gasteiger partial charge in [-0.15, -0.1) is 0 Å². The molecule has 3 aromatic rings. The molecule has 24 heavy (non-hydrogen) atoms. The Morgan fingerprint density at radius 1 is 0.875 bits per heavy atom. The van der Waals surface area contributed by atoms with Gasteiger partial charge in [0.15, 0.2) is 0 Å². The molecule has 0 aliphatic heterocycles. The number of carbonyl (C=O) groups is 1. The minimum absolute atomic E-state index is 0.256. The number of carbonyl (C=O) groups excluding carboxylic acids is 1. The molecule has 2 N–H and O–H groups in total. The second-order valence-electron chi connectivity index (χ2n) is 5.16. The van der Waals surface area contributed by atoms with E-state index in [4.69, 9.17) is 0 Å². The number of nitrogens with zero attached hydrogens (tertiary/aromatic N) is 3. The van der Waals surface area contributed by atoms with Crippen LogP contribution < -0.4 is 10.6 Å². The van der Waals surface area contributed by atoms with E-state index in [0.29, 0.717) is 18.9 Å². The highest BCUT2D eigenvalue weighted by Crippen LogP contribution is 2.05. The van der Waals surface area contributed by atoms with Gasteiger partial charge in [-0.1, -0.05) is 30.3 Å². The second kappa shape index (κ2) is 7.82. The third-order valence-electron chi connectivity index (χ3n) is 3.40. The van der Waals surface area contributed by atoms with E-state index in [9.17, 15) is 4.79 Å². The van der Waals surface area contributed by atoms with Gasteiger partial charge in [-0.05, 0) is 23.3 Å². The summed E-state index contributed by atoms with van der Waals surface area (Å²) in [5.41, 5.74) is 2.42. The molecule has 0 bridgehead atoms. The number of amides is 1. The summed E-state index contributed by atoms with van der Waals surface area (Å²) in [4.78, 5) is 24.4. The van der Waals surface area contributed by atoms with E-state index < -0.39 is 0 Å². The summed E-state index contributed by atoms with van der Waals surface area (Å²) < 4.78 is 0. The van der Waals surface area contributed by atoms with Gasteiger partial charge in [-0.3, -0.25) is 9.78 Å². The fourth-order valence-corrected chi connectivity index (χ4v) is 2.10. The Morgan fingerprint density at radius 2 is 1.62 bits per heavy atom. The Morgan fingerprint density at radius 3 is 2.33 bits per heavy atom. The smallest absolute Gasteiger partial charge is 0.271 e. The number of anilines is 1. The molecule has 1 amide bonds. The molecule has 0 atom stereocenters. The normalized spacial score (nSPS) is 10.2. The molecule has 6 heteroatoms. The van der Waals surface area contributed by atoms with E-state index in [0.717, 1.165) is 11.1 Å². The van der Waals surface area contributed by atoms with Crippen molar-refractivity contribution in [2.24, 2.45) is 0 Å². The molecule has 0 unspecified atom stereocenters. The van der Waals surface area contributed by atoms with Crippen molar-refractivity contribution in [3.8, 4) is 0 Å². The first kappa shape index (κ1) is 15.6. The number of rotatable bonds is 6. The van der Waals surface area contributed by atoms with Gasteiger partial charge in [0, 0.05) is 25.5 Å². The van der Waals surface area contributed by atoms with Crippen molar-refractivity contribution in [2.45, 2.75) is 13.1 Å². The molecule has 0 fully saturated rings. The predicted octanol–water partition coefficient (Wildman–Crippen LogP) is 2.41. The molecule has 0 saturated heterocycles. The van der Waals surface area contributed by atoms with Crippen LogP contribution in [0.5, 0.6) is 0 Å². The van der Waals surface area contributed by atoms with Gasteiger partial charge in [0.05, 0.1) is 12.4 Å². The molecule has 0 spiro atoms. The molecule has 120 valence electrons. The molecule has 0 aliphatic rings. The summed E-state index contributed by atoms with van der Waals surface area (Å²) in [5, 5.41) is 5.98. The second-order valence-corrected chi connectivity index (χ2v) is 5.16. The molecule has 0 radical (unpaired) electrons. The Hall–Kier alpha value is -3.28. The van der Waals surface area contributed by atoms with Crippen molar-refractivity contribution in [1.82, 2.24) is 20.3 Å². The van der Waals surface area contributed by atoms with Gasteiger partial charge in [-0.2, -0.15) is 0 Å². The molecule has 2 heterocycles. The van der Waals surface area contributed by atoms with Crippen LogP contribution in [0, 0.1) is 0 Å². The molecular formula is C18H17N5O. The third-order valence-corrected chi connectivity index (χ3v) is 3.40. The zero-order valence-electron chi connectivity index (χ0n) is 13.0. The van der Waals surface area contributed by atoms with E-state index >= 15 is 0 Å². The average Bonchev–Trinajstić information content (AvgIpc) is 2.66. The van der Waals surface area contributed by atoms with Crippen molar-refractivity contribution in [3.05, 3.63) is 84.1 Å². The fourth-order valence-electron chi connectivity index (χ4n) is 2.10. The van der Waals surface area contributed by atoms with Crippen LogP contribution in [0.25, 0.3) is 0 Å². The molecule has 2 aromatic heterocycles. The Bertz CT molecular complexity index is 776. The highest BCUT2D eigenvalue weighted by Gasteiger charge is 2.07. The summed E-state index contributed by atoms with van der Waals surface area (Å²) >= 11 is 0. The highest BCUT2D eigenvalue weighted by molar-refractivity contribution is 5.91. The van der Waals surface area contributed by atoms with E-state index in [-0.39, 0.29) is 11.6 Å². The van der Waals surface area contributed by atoms with E-state index in [1.54, 1.807) is 18.6 Å². The molecule has 6 nitrogen and oxygen atoms in total. The van der Waals surface area contributed by atoms with Crippen molar-refractivity contribution in [1.29, 1.82) is 0 Å². The number of hydrogen-bond acceptors (Lipinski definition) is 5. The van der Waals surface area contributed by atoms with Crippen LogP contribution in [-0.4, -0.2) is 20.9 Å². The SMILES string of the molecule is O=C(NCc1ccncc1)c1cnc(NCc2ccccc2)cn1. The molecule has 0 saturated carbocycles. The third kappa shape index (κ3) is 4.36. The Kier molecular flexibility index (Phi) is 5.09. The van der Waals surface area contributed by atoms with Gasteiger partial charge in [-0.25, -0.2) is 9.97 Å². The van der Waals surface area contributed by atoms with Crippen LogP contribution >= 0.6 is 0 Å². The van der Waals surface area contributed by atoms with Crippen LogP contribution in [-0.2, 0) is 13.1 Å². The van der Waals surface area contributed by atoms with Crippen molar-refractivity contribution in [2.75, 3.05) is 5.32 Å². The lowest BCUT2D eigenvalue weighted by atomic mass is 10.2. The topological polar surface area (TPSA) is 79.8 Å². The van der Waals surface area contributed by atoms with Gasteiger partial charge in [0.25, 0.3) is 5.91 Å². The zero-order valence-corrected chi connectivity index (χ0v) is 13.0. The number of hydrogen-bond donors (Lipinski definition) is 2. The van der Waals surface area contributed by atoms with Crippen molar-refractivity contribution >= 4 is 11.7 Å². The zero-order chi connectivity index (χ0) is 16.6. The highest BCUT2D eigenvalue weighted by atomic mass is 16.1. The lowest BCUT2D eigenvalue weighted by molar-refractivity contribution is 0.0945. The number of aromatic nitrogens is 3. The summed E-state index contributed by atoms with van der Waals surface area (Å²) in [6, 6.07) is 13.7.